The molecule has 5 nitrogen and oxygen atoms in total. The van der Waals surface area contributed by atoms with E-state index in [-0.39, 0.29) is 5.82 Å². The van der Waals surface area contributed by atoms with E-state index in [1.165, 1.54) is 6.07 Å². The number of anilines is 2. The van der Waals surface area contributed by atoms with Gasteiger partial charge in [0.05, 0.1) is 11.4 Å². The number of nitrogens with zero attached hydrogens (tertiary/aromatic N) is 1. The van der Waals surface area contributed by atoms with Gasteiger partial charge in [-0.05, 0) is 58.2 Å². The number of para-hydroxylation sites is 1. The summed E-state index contributed by atoms with van der Waals surface area (Å²) in [7, 11) is 3.90. The van der Waals surface area contributed by atoms with Crippen molar-refractivity contribution in [1.82, 2.24) is 5.43 Å². The molecule has 2 aromatic rings. The van der Waals surface area contributed by atoms with Crippen LogP contribution in [-0.2, 0) is 11.3 Å². The highest BCUT2D eigenvalue weighted by Crippen LogP contribution is 2.34. The van der Waals surface area contributed by atoms with Crippen molar-refractivity contribution < 1.29 is 9.18 Å². The van der Waals surface area contributed by atoms with Crippen LogP contribution in [0.3, 0.4) is 0 Å². The molecule has 1 amide bonds. The van der Waals surface area contributed by atoms with E-state index < -0.39 is 0 Å². The van der Waals surface area contributed by atoms with Gasteiger partial charge in [-0.1, -0.05) is 12.1 Å². The minimum absolute atomic E-state index is 0.194. The number of hydrazine groups is 1. The van der Waals surface area contributed by atoms with Crippen LogP contribution in [0.2, 0.25) is 0 Å². The smallest absolute Gasteiger partial charge is 0.221 e. The number of amides is 1. The van der Waals surface area contributed by atoms with Gasteiger partial charge in [0.15, 0.2) is 0 Å². The van der Waals surface area contributed by atoms with Crippen LogP contribution in [0.25, 0.3) is 0 Å². The Morgan fingerprint density at radius 3 is 2.58 bits per heavy atom. The van der Waals surface area contributed by atoms with Crippen LogP contribution in [0, 0.1) is 12.7 Å². The van der Waals surface area contributed by atoms with Crippen molar-refractivity contribution in [3.63, 3.8) is 0 Å². The van der Waals surface area contributed by atoms with E-state index in [0.29, 0.717) is 13.0 Å². The van der Waals surface area contributed by atoms with Crippen LogP contribution in [0.1, 0.15) is 11.1 Å². The number of halogens is 2. The van der Waals surface area contributed by atoms with Crippen LogP contribution in [0.4, 0.5) is 15.8 Å². The van der Waals surface area contributed by atoms with Crippen LogP contribution in [-0.4, -0.2) is 20.5 Å². The minimum Gasteiger partial charge on any atom is -0.386 e. The van der Waals surface area contributed by atoms with Gasteiger partial charge < -0.3 is 10.2 Å². The molecule has 4 N–H and O–H groups in total. The largest absolute Gasteiger partial charge is 0.386 e. The van der Waals surface area contributed by atoms with Gasteiger partial charge in [0.1, 0.15) is 5.82 Å². The molecule has 0 unspecified atom stereocenters. The summed E-state index contributed by atoms with van der Waals surface area (Å²) in [5.41, 5.74) is 5.94. The van der Waals surface area contributed by atoms with Crippen molar-refractivity contribution in [2.45, 2.75) is 13.5 Å². The Labute approximate surface area is 150 Å². The average molecular weight is 397 g/mol. The van der Waals surface area contributed by atoms with Crippen molar-refractivity contribution in [2.75, 3.05) is 24.3 Å². The monoisotopic (exact) mass is 396 g/mol. The molecule has 0 saturated carbocycles. The maximum atomic E-state index is 13.4. The van der Waals surface area contributed by atoms with Crippen molar-refractivity contribution >= 4 is 33.7 Å². The summed E-state index contributed by atoms with van der Waals surface area (Å²) in [6, 6.07) is 10.9. The third-order valence-corrected chi connectivity index (χ3v) is 4.06. The highest BCUT2D eigenvalue weighted by atomic mass is 79.9. The summed E-state index contributed by atoms with van der Waals surface area (Å²) < 4.78 is 14.4. The molecule has 130 valence electrons. The fourth-order valence-corrected chi connectivity index (χ4v) is 2.92. The van der Waals surface area contributed by atoms with E-state index in [1.807, 2.05) is 45.3 Å². The highest BCUT2D eigenvalue weighted by molar-refractivity contribution is 9.10. The van der Waals surface area contributed by atoms with Crippen LogP contribution in [0.15, 0.2) is 40.9 Å². The molecular weight excluding hydrogens is 375 g/mol. The fourth-order valence-electron chi connectivity index (χ4n) is 2.25. The van der Waals surface area contributed by atoms with Gasteiger partial charge in [-0.3, -0.25) is 10.2 Å². The van der Waals surface area contributed by atoms with Gasteiger partial charge in [0, 0.05) is 25.1 Å². The normalized spacial score (nSPS) is 9.58. The van der Waals surface area contributed by atoms with E-state index in [9.17, 15) is 4.39 Å². The van der Waals surface area contributed by atoms with Crippen LogP contribution < -0.4 is 21.5 Å². The number of nitrogens with two attached hydrogens (primary N) is 1. The van der Waals surface area contributed by atoms with Crippen LogP contribution >= 0.6 is 15.9 Å². The molecule has 0 bridgehead atoms. The summed E-state index contributed by atoms with van der Waals surface area (Å²) in [5, 5.41) is 3.18. The number of hydrogen-bond acceptors (Lipinski definition) is 4. The Morgan fingerprint density at radius 1 is 1.33 bits per heavy atom. The second-order valence-electron chi connectivity index (χ2n) is 5.10. The molecule has 7 heteroatoms. The molecule has 24 heavy (non-hydrogen) atoms. The zero-order chi connectivity index (χ0) is 18.1. The summed E-state index contributed by atoms with van der Waals surface area (Å²) >= 11 is 3.58. The minimum atomic E-state index is -0.194. The molecule has 0 heterocycles. The SMILES string of the molecule is CNc1cccc(Br)c1N(C)Cc1cc(F)ccc1C.NNC=O. The Morgan fingerprint density at radius 2 is 2.00 bits per heavy atom. The first kappa shape index (κ1) is 19.9. The highest BCUT2D eigenvalue weighted by Gasteiger charge is 2.12. The maximum absolute atomic E-state index is 13.4. The second-order valence-corrected chi connectivity index (χ2v) is 5.95. The Balaban J connectivity index is 0.000000648. The summed E-state index contributed by atoms with van der Waals surface area (Å²) in [5.74, 6) is 4.22. The lowest BCUT2D eigenvalue weighted by Crippen LogP contribution is -2.19. The van der Waals surface area contributed by atoms with Gasteiger partial charge in [-0.15, -0.1) is 0 Å². The molecule has 0 radical (unpaired) electrons. The first-order valence-corrected chi connectivity index (χ1v) is 8.06. The first-order chi connectivity index (χ1) is 11.4. The first-order valence-electron chi connectivity index (χ1n) is 7.26. The molecular formula is C17H22BrFN4O. The van der Waals surface area contributed by atoms with Gasteiger partial charge in [-0.25, -0.2) is 10.2 Å². The lowest BCUT2D eigenvalue weighted by Gasteiger charge is -2.24. The fraction of sp³-hybridized carbons (Fsp3) is 0.235. The second kappa shape index (κ2) is 9.89. The summed E-state index contributed by atoms with van der Waals surface area (Å²) in [4.78, 5) is 11.0. The van der Waals surface area contributed by atoms with Crippen molar-refractivity contribution in [1.29, 1.82) is 0 Å². The zero-order valence-electron chi connectivity index (χ0n) is 13.9. The number of carbonyl (C=O) groups excluding carboxylic acids is 1. The molecule has 0 fully saturated rings. The van der Waals surface area contributed by atoms with E-state index in [4.69, 9.17) is 4.79 Å². The molecule has 0 aromatic heterocycles. The topological polar surface area (TPSA) is 70.4 Å². The standard InChI is InChI=1S/C16H18BrFN2.CH4N2O/c1-11-7-8-13(18)9-12(11)10-20(3)16-14(17)5-4-6-15(16)19-2;2-3-1-4/h4-9,19H,10H2,1-3H3;1H,2H2,(H,3,4). The molecule has 0 aliphatic carbocycles. The third kappa shape index (κ3) is 5.50. The summed E-state index contributed by atoms with van der Waals surface area (Å²) in [6.07, 6.45) is 0.403. The summed E-state index contributed by atoms with van der Waals surface area (Å²) in [6.45, 7) is 2.66. The third-order valence-electron chi connectivity index (χ3n) is 3.42. The Hall–Kier alpha value is -2.12. The lowest BCUT2D eigenvalue weighted by atomic mass is 10.1. The van der Waals surface area contributed by atoms with E-state index in [2.05, 4.69) is 32.0 Å². The molecule has 0 saturated heterocycles. The van der Waals surface area contributed by atoms with Gasteiger partial charge in [0.25, 0.3) is 0 Å². The van der Waals surface area contributed by atoms with Crippen molar-refractivity contribution in [3.05, 3.63) is 57.8 Å². The Kier molecular flexibility index (Phi) is 8.21. The van der Waals surface area contributed by atoms with Crippen molar-refractivity contribution in [2.24, 2.45) is 5.84 Å². The number of aryl methyl sites for hydroxylation is 1. The van der Waals surface area contributed by atoms with Gasteiger partial charge >= 0.3 is 0 Å². The lowest BCUT2D eigenvalue weighted by molar-refractivity contribution is -0.109. The Bertz CT molecular complexity index is 682. The maximum Gasteiger partial charge on any atom is 0.221 e. The quantitative estimate of drug-likeness (QED) is 0.314. The molecule has 0 atom stereocenters. The van der Waals surface area contributed by atoms with Gasteiger partial charge in [0.2, 0.25) is 6.41 Å². The van der Waals surface area contributed by atoms with E-state index >= 15 is 0 Å². The van der Waals surface area contributed by atoms with Crippen molar-refractivity contribution in [3.8, 4) is 0 Å². The number of nitrogens with one attached hydrogen (secondary N) is 2. The predicted octanol–water partition coefficient (Wildman–Crippen LogP) is 3.18. The zero-order valence-corrected chi connectivity index (χ0v) is 15.5. The molecule has 0 spiro atoms. The van der Waals surface area contributed by atoms with E-state index in [1.54, 1.807) is 11.5 Å². The van der Waals surface area contributed by atoms with Gasteiger partial charge in [-0.2, -0.15) is 0 Å². The number of rotatable bonds is 5. The van der Waals surface area contributed by atoms with E-state index in [0.717, 1.165) is 27.0 Å². The predicted molar refractivity (Wildman–Crippen MR) is 100 cm³/mol. The number of benzene rings is 2. The molecule has 0 aliphatic rings. The molecule has 2 aromatic carbocycles. The molecule has 0 aliphatic heterocycles. The van der Waals surface area contributed by atoms with Crippen LogP contribution in [0.5, 0.6) is 0 Å². The average Bonchev–Trinajstić information content (AvgIpc) is 2.57. The number of hydrogen-bond donors (Lipinski definition) is 3. The molecule has 2 rings (SSSR count). The number of carbonyl (C=O) groups is 1.